The Morgan fingerprint density at radius 1 is 1.16 bits per heavy atom. The number of nitrogens with zero attached hydrogens (tertiary/aromatic N) is 2. The van der Waals surface area contributed by atoms with Crippen LogP contribution in [0, 0.1) is 5.82 Å². The van der Waals surface area contributed by atoms with Crippen LogP contribution in [0.3, 0.4) is 0 Å². The molecule has 19 heavy (non-hydrogen) atoms. The first-order valence-corrected chi connectivity index (χ1v) is 6.44. The van der Waals surface area contributed by atoms with Crippen LogP contribution in [0.25, 0.3) is 11.3 Å². The molecule has 2 aromatic rings. The van der Waals surface area contributed by atoms with Crippen molar-refractivity contribution >= 4 is 0 Å². The highest BCUT2D eigenvalue weighted by molar-refractivity contribution is 5.59. The maximum absolute atomic E-state index is 13.0. The smallest absolute Gasteiger partial charge is 0.131 e. The third-order valence-corrected chi connectivity index (χ3v) is 2.85. The maximum atomic E-state index is 13.0. The summed E-state index contributed by atoms with van der Waals surface area (Å²) in [5.74, 6) is 0.797. The van der Waals surface area contributed by atoms with Gasteiger partial charge in [-0.15, -0.1) is 0 Å². The second-order valence-corrected chi connectivity index (χ2v) is 4.80. The Hall–Kier alpha value is -1.81. The van der Waals surface area contributed by atoms with E-state index < -0.39 is 0 Å². The highest BCUT2D eigenvalue weighted by atomic mass is 19.1. The van der Waals surface area contributed by atoms with E-state index in [4.69, 9.17) is 5.73 Å². The summed E-state index contributed by atoms with van der Waals surface area (Å²) in [7, 11) is 0. The first-order chi connectivity index (χ1) is 9.10. The fourth-order valence-electron chi connectivity index (χ4n) is 1.82. The summed E-state index contributed by atoms with van der Waals surface area (Å²) in [6, 6.07) is 8.26. The molecule has 2 N–H and O–H groups in total. The maximum Gasteiger partial charge on any atom is 0.131 e. The molecule has 0 aliphatic heterocycles. The number of hydrogen-bond acceptors (Lipinski definition) is 3. The average molecular weight is 259 g/mol. The van der Waals surface area contributed by atoms with Crippen LogP contribution in [-0.4, -0.2) is 16.5 Å². The molecule has 3 nitrogen and oxygen atoms in total. The van der Waals surface area contributed by atoms with Crippen molar-refractivity contribution in [1.82, 2.24) is 9.97 Å². The first-order valence-electron chi connectivity index (χ1n) is 6.44. The van der Waals surface area contributed by atoms with Gasteiger partial charge >= 0.3 is 0 Å². The van der Waals surface area contributed by atoms with Crippen molar-refractivity contribution in [3.05, 3.63) is 47.7 Å². The fraction of sp³-hybridized carbons (Fsp3) is 0.333. The molecule has 1 aromatic carbocycles. The summed E-state index contributed by atoms with van der Waals surface area (Å²) in [5, 5.41) is 0. The largest absolute Gasteiger partial charge is 0.330 e. The van der Waals surface area contributed by atoms with Gasteiger partial charge in [0.2, 0.25) is 0 Å². The van der Waals surface area contributed by atoms with Gasteiger partial charge in [-0.05, 0) is 36.9 Å². The van der Waals surface area contributed by atoms with Gasteiger partial charge in [-0.1, -0.05) is 13.8 Å². The molecule has 0 bridgehead atoms. The Balaban J connectivity index is 2.46. The molecule has 1 heterocycles. The van der Waals surface area contributed by atoms with E-state index in [1.807, 2.05) is 6.07 Å². The van der Waals surface area contributed by atoms with E-state index in [0.717, 1.165) is 29.2 Å². The van der Waals surface area contributed by atoms with Gasteiger partial charge in [0.25, 0.3) is 0 Å². The van der Waals surface area contributed by atoms with Gasteiger partial charge < -0.3 is 5.73 Å². The molecule has 0 aliphatic carbocycles. The lowest BCUT2D eigenvalue weighted by Gasteiger charge is -2.10. The van der Waals surface area contributed by atoms with Crippen LogP contribution in [0.4, 0.5) is 4.39 Å². The molecule has 0 fully saturated rings. The number of rotatable bonds is 4. The lowest BCUT2D eigenvalue weighted by Crippen LogP contribution is -2.08. The van der Waals surface area contributed by atoms with Crippen LogP contribution in [0.2, 0.25) is 0 Å². The highest BCUT2D eigenvalue weighted by Gasteiger charge is 2.09. The zero-order chi connectivity index (χ0) is 13.8. The lowest BCUT2D eigenvalue weighted by molar-refractivity contribution is 0.628. The molecule has 1 aromatic heterocycles. The Morgan fingerprint density at radius 2 is 1.84 bits per heavy atom. The van der Waals surface area contributed by atoms with Gasteiger partial charge in [-0.3, -0.25) is 0 Å². The van der Waals surface area contributed by atoms with Crippen LogP contribution in [0.1, 0.15) is 31.3 Å². The van der Waals surface area contributed by atoms with Gasteiger partial charge in [0.1, 0.15) is 11.6 Å². The van der Waals surface area contributed by atoms with Gasteiger partial charge in [0.05, 0.1) is 5.69 Å². The number of halogens is 1. The topological polar surface area (TPSA) is 51.8 Å². The minimum absolute atomic E-state index is 0.246. The summed E-state index contributed by atoms with van der Waals surface area (Å²) in [4.78, 5) is 9.04. The first kappa shape index (κ1) is 13.6. The summed E-state index contributed by atoms with van der Waals surface area (Å²) in [6.07, 6.45) is 0.719. The van der Waals surface area contributed by atoms with E-state index in [1.54, 1.807) is 12.1 Å². The molecule has 0 amide bonds. The van der Waals surface area contributed by atoms with Crippen molar-refractivity contribution in [2.75, 3.05) is 6.54 Å². The molecule has 0 aliphatic rings. The zero-order valence-electron chi connectivity index (χ0n) is 11.2. The predicted molar refractivity (Wildman–Crippen MR) is 74.3 cm³/mol. The van der Waals surface area contributed by atoms with Crippen molar-refractivity contribution in [3.8, 4) is 11.3 Å². The minimum Gasteiger partial charge on any atom is -0.330 e. The Bertz CT molecular complexity index is 550. The van der Waals surface area contributed by atoms with E-state index >= 15 is 0 Å². The molecular formula is C15H18FN3. The van der Waals surface area contributed by atoms with E-state index in [0.29, 0.717) is 6.54 Å². The number of aromatic nitrogens is 2. The van der Waals surface area contributed by atoms with Gasteiger partial charge in [0, 0.05) is 23.6 Å². The molecule has 0 saturated carbocycles. The number of benzene rings is 1. The van der Waals surface area contributed by atoms with E-state index in [9.17, 15) is 4.39 Å². The van der Waals surface area contributed by atoms with Crippen LogP contribution in [0.5, 0.6) is 0 Å². The van der Waals surface area contributed by atoms with Crippen LogP contribution in [-0.2, 0) is 6.42 Å². The lowest BCUT2D eigenvalue weighted by atomic mass is 10.1. The molecule has 2 rings (SSSR count). The molecular weight excluding hydrogens is 241 g/mol. The Kier molecular flexibility index (Phi) is 4.22. The second kappa shape index (κ2) is 5.89. The fourth-order valence-corrected chi connectivity index (χ4v) is 1.82. The summed E-state index contributed by atoms with van der Waals surface area (Å²) >= 11 is 0. The summed E-state index contributed by atoms with van der Waals surface area (Å²) in [5.41, 5.74) is 8.23. The van der Waals surface area contributed by atoms with Crippen molar-refractivity contribution in [3.63, 3.8) is 0 Å². The van der Waals surface area contributed by atoms with Gasteiger partial charge in [0.15, 0.2) is 0 Å². The normalized spacial score (nSPS) is 11.0. The van der Waals surface area contributed by atoms with E-state index in [1.165, 1.54) is 12.1 Å². The van der Waals surface area contributed by atoms with Crippen molar-refractivity contribution in [2.45, 2.75) is 26.2 Å². The van der Waals surface area contributed by atoms with Crippen molar-refractivity contribution in [2.24, 2.45) is 5.73 Å². The molecule has 100 valence electrons. The average Bonchev–Trinajstić information content (AvgIpc) is 2.39. The van der Waals surface area contributed by atoms with Crippen LogP contribution < -0.4 is 5.73 Å². The highest BCUT2D eigenvalue weighted by Crippen LogP contribution is 2.21. The standard InChI is InChI=1S/C15H18FN3/c1-10(2)15-18-13(7-8-17)9-14(19-15)11-3-5-12(16)6-4-11/h3-6,9-10H,7-8,17H2,1-2H3. The molecule has 0 unspecified atom stereocenters. The predicted octanol–water partition coefficient (Wildman–Crippen LogP) is 2.91. The minimum atomic E-state index is -0.246. The zero-order valence-corrected chi connectivity index (χ0v) is 11.2. The second-order valence-electron chi connectivity index (χ2n) is 4.80. The van der Waals surface area contributed by atoms with Gasteiger partial charge in [-0.2, -0.15) is 0 Å². The Morgan fingerprint density at radius 3 is 2.42 bits per heavy atom. The molecule has 0 atom stereocenters. The third kappa shape index (κ3) is 3.35. The number of nitrogens with two attached hydrogens (primary N) is 1. The van der Waals surface area contributed by atoms with Crippen molar-refractivity contribution in [1.29, 1.82) is 0 Å². The Labute approximate surface area is 112 Å². The molecule has 4 heteroatoms. The van der Waals surface area contributed by atoms with Crippen LogP contribution >= 0.6 is 0 Å². The van der Waals surface area contributed by atoms with Crippen LogP contribution in [0.15, 0.2) is 30.3 Å². The molecule has 0 saturated heterocycles. The quantitative estimate of drug-likeness (QED) is 0.918. The summed E-state index contributed by atoms with van der Waals surface area (Å²) in [6.45, 7) is 4.66. The summed E-state index contributed by atoms with van der Waals surface area (Å²) < 4.78 is 13.0. The van der Waals surface area contributed by atoms with E-state index in [2.05, 4.69) is 23.8 Å². The van der Waals surface area contributed by atoms with E-state index in [-0.39, 0.29) is 11.7 Å². The number of hydrogen-bond donors (Lipinski definition) is 1. The monoisotopic (exact) mass is 259 g/mol. The molecule has 0 radical (unpaired) electrons. The molecule has 0 spiro atoms. The van der Waals surface area contributed by atoms with Crippen molar-refractivity contribution < 1.29 is 4.39 Å². The van der Waals surface area contributed by atoms with Gasteiger partial charge in [-0.25, -0.2) is 14.4 Å². The SMILES string of the molecule is CC(C)c1nc(CCN)cc(-c2ccc(F)cc2)n1. The third-order valence-electron chi connectivity index (χ3n) is 2.85.